The Morgan fingerprint density at radius 1 is 1.17 bits per heavy atom. The average Bonchev–Trinajstić information content (AvgIpc) is 2.09. The second kappa shape index (κ2) is 6.46. The molecule has 0 aromatic rings. The Balaban J connectivity index is 4.57. The molecule has 1 atom stereocenters. The molecule has 0 aliphatic carbocycles. The van der Waals surface area contributed by atoms with Crippen molar-refractivity contribution in [1.29, 1.82) is 5.41 Å². The lowest BCUT2D eigenvalue weighted by atomic mass is 9.85. The zero-order chi connectivity index (χ0) is 14.6. The van der Waals surface area contributed by atoms with Gasteiger partial charge in [-0.05, 0) is 40.5 Å². The Hall–Kier alpha value is -0.700. The van der Waals surface area contributed by atoms with Gasteiger partial charge in [-0.2, -0.15) is 0 Å². The Bertz CT molecular complexity index is 295. The van der Waals surface area contributed by atoms with Gasteiger partial charge >= 0.3 is 0 Å². The Kier molecular flexibility index (Phi) is 6.21. The van der Waals surface area contributed by atoms with Crippen LogP contribution in [0.5, 0.6) is 0 Å². The molecule has 1 unspecified atom stereocenters. The maximum atomic E-state index is 12.1. The second-order valence-corrected chi connectivity index (χ2v) is 7.29. The first-order chi connectivity index (χ1) is 7.92. The van der Waals surface area contributed by atoms with E-state index in [0.717, 1.165) is 12.8 Å². The number of carbonyl (C=O) groups excluding carboxylic acids is 1. The highest BCUT2D eigenvalue weighted by atomic mass is 16.1. The second-order valence-electron chi connectivity index (χ2n) is 7.29. The summed E-state index contributed by atoms with van der Waals surface area (Å²) in [5.74, 6) is 0.284. The molecule has 18 heavy (non-hydrogen) atoms. The van der Waals surface area contributed by atoms with Crippen LogP contribution in [0.15, 0.2) is 0 Å². The highest BCUT2D eigenvalue weighted by molar-refractivity contribution is 5.84. The number of nitrogens with one attached hydrogen (secondary N) is 2. The van der Waals surface area contributed by atoms with E-state index in [1.807, 2.05) is 27.7 Å². The van der Waals surface area contributed by atoms with Crippen molar-refractivity contribution in [2.24, 2.45) is 5.41 Å². The number of rotatable bonds is 6. The van der Waals surface area contributed by atoms with Crippen LogP contribution >= 0.6 is 0 Å². The van der Waals surface area contributed by atoms with Crippen LogP contribution in [-0.4, -0.2) is 23.1 Å². The Morgan fingerprint density at radius 2 is 1.67 bits per heavy atom. The minimum Gasteiger partial charge on any atom is -0.310 e. The van der Waals surface area contributed by atoms with Gasteiger partial charge in [0.05, 0.1) is 0 Å². The van der Waals surface area contributed by atoms with E-state index in [9.17, 15) is 4.79 Å². The normalized spacial score (nSPS) is 14.4. The van der Waals surface area contributed by atoms with Gasteiger partial charge in [0.1, 0.15) is 5.78 Å². The third-order valence-electron chi connectivity index (χ3n) is 2.77. The molecule has 3 heteroatoms. The summed E-state index contributed by atoms with van der Waals surface area (Å²) in [5, 5.41) is 11.0. The molecule has 0 aliphatic heterocycles. The maximum absolute atomic E-state index is 12.1. The van der Waals surface area contributed by atoms with Gasteiger partial charge in [-0.15, -0.1) is 0 Å². The fraction of sp³-hybridized carbons (Fsp3) is 0.867. The molecule has 0 saturated carbocycles. The van der Waals surface area contributed by atoms with E-state index in [1.54, 1.807) is 0 Å². The number of ketones is 1. The summed E-state index contributed by atoms with van der Waals surface area (Å²) in [6.45, 7) is 14.0. The van der Waals surface area contributed by atoms with E-state index >= 15 is 0 Å². The quantitative estimate of drug-likeness (QED) is 0.712. The molecule has 0 heterocycles. The number of hydrogen-bond acceptors (Lipinski definition) is 3. The van der Waals surface area contributed by atoms with Crippen LogP contribution in [0.3, 0.4) is 0 Å². The first kappa shape index (κ1) is 17.3. The van der Waals surface area contributed by atoms with Gasteiger partial charge < -0.3 is 10.7 Å². The molecule has 0 saturated heterocycles. The molecular formula is C15H30N2O. The highest BCUT2D eigenvalue weighted by Gasteiger charge is 2.26. The van der Waals surface area contributed by atoms with E-state index in [4.69, 9.17) is 5.41 Å². The molecule has 0 spiro atoms. The summed E-state index contributed by atoms with van der Waals surface area (Å²) in [4.78, 5) is 12.1. The van der Waals surface area contributed by atoms with E-state index < -0.39 is 0 Å². The predicted molar refractivity (Wildman–Crippen MR) is 78.4 cm³/mol. The molecule has 0 amide bonds. The van der Waals surface area contributed by atoms with E-state index in [0.29, 0.717) is 12.1 Å². The first-order valence-electron chi connectivity index (χ1n) is 6.77. The Labute approximate surface area is 112 Å². The lowest BCUT2D eigenvalue weighted by Crippen LogP contribution is -2.45. The van der Waals surface area contributed by atoms with Crippen LogP contribution in [0.25, 0.3) is 0 Å². The predicted octanol–water partition coefficient (Wildman–Crippen LogP) is 3.57. The van der Waals surface area contributed by atoms with Gasteiger partial charge in [0.2, 0.25) is 0 Å². The zero-order valence-electron chi connectivity index (χ0n) is 13.1. The lowest BCUT2D eigenvalue weighted by molar-refractivity contribution is -0.126. The van der Waals surface area contributed by atoms with Crippen molar-refractivity contribution in [3.8, 4) is 0 Å². The summed E-state index contributed by atoms with van der Waals surface area (Å²) >= 11 is 0. The summed E-state index contributed by atoms with van der Waals surface area (Å²) in [5.41, 5.74) is 0.398. The van der Waals surface area contributed by atoms with Crippen LogP contribution in [0.2, 0.25) is 0 Å². The number of carbonyl (C=O) groups is 1. The van der Waals surface area contributed by atoms with Gasteiger partial charge in [-0.3, -0.25) is 4.79 Å². The van der Waals surface area contributed by atoms with Crippen molar-refractivity contribution in [3.63, 3.8) is 0 Å². The fourth-order valence-corrected chi connectivity index (χ4v) is 1.76. The van der Waals surface area contributed by atoms with Crippen molar-refractivity contribution in [2.75, 3.05) is 0 Å². The van der Waals surface area contributed by atoms with E-state index in [-0.39, 0.29) is 22.8 Å². The minimum atomic E-state index is -0.280. The third-order valence-corrected chi connectivity index (χ3v) is 2.77. The van der Waals surface area contributed by atoms with Crippen molar-refractivity contribution < 1.29 is 4.79 Å². The number of Topliss-reactive ketones (excluding diaryl/α,β-unsaturated/α-hetero) is 1. The average molecular weight is 254 g/mol. The van der Waals surface area contributed by atoms with Crippen LogP contribution in [-0.2, 0) is 4.79 Å². The van der Waals surface area contributed by atoms with Gasteiger partial charge in [-0.25, -0.2) is 0 Å². The van der Waals surface area contributed by atoms with Crippen LogP contribution in [0.1, 0.15) is 67.7 Å². The third kappa shape index (κ3) is 8.40. The van der Waals surface area contributed by atoms with Gasteiger partial charge in [0.25, 0.3) is 0 Å². The molecule has 0 aromatic heterocycles. The van der Waals surface area contributed by atoms with Gasteiger partial charge in [0, 0.05) is 29.1 Å². The minimum absolute atomic E-state index is 0.00123. The van der Waals surface area contributed by atoms with Crippen LogP contribution < -0.4 is 5.32 Å². The Morgan fingerprint density at radius 3 is 2.00 bits per heavy atom. The molecule has 0 aromatic carbocycles. The fourth-order valence-electron chi connectivity index (χ4n) is 1.76. The van der Waals surface area contributed by atoms with E-state index in [1.165, 1.54) is 0 Å². The van der Waals surface area contributed by atoms with Crippen molar-refractivity contribution >= 4 is 11.5 Å². The van der Waals surface area contributed by atoms with E-state index in [2.05, 4.69) is 26.1 Å². The number of hydrogen-bond donors (Lipinski definition) is 2. The zero-order valence-corrected chi connectivity index (χ0v) is 13.1. The van der Waals surface area contributed by atoms with Crippen molar-refractivity contribution in [1.82, 2.24) is 5.32 Å². The molecule has 0 fully saturated rings. The smallest absolute Gasteiger partial charge is 0.139 e. The highest BCUT2D eigenvalue weighted by Crippen LogP contribution is 2.20. The monoisotopic (exact) mass is 254 g/mol. The molecule has 106 valence electrons. The molecular weight excluding hydrogens is 224 g/mol. The SMILES string of the molecule is CC(=N)CCC(CC(=O)C(C)(C)C)NC(C)(C)C. The molecule has 0 radical (unpaired) electrons. The summed E-state index contributed by atoms with van der Waals surface area (Å²) in [7, 11) is 0. The summed E-state index contributed by atoms with van der Waals surface area (Å²) in [6.07, 6.45) is 2.16. The molecule has 0 bridgehead atoms. The van der Waals surface area contributed by atoms with Crippen molar-refractivity contribution in [2.45, 2.75) is 79.3 Å². The summed E-state index contributed by atoms with van der Waals surface area (Å²) < 4.78 is 0. The summed E-state index contributed by atoms with van der Waals surface area (Å²) in [6, 6.07) is 0.164. The largest absolute Gasteiger partial charge is 0.310 e. The molecule has 0 aliphatic rings. The molecule has 0 rings (SSSR count). The van der Waals surface area contributed by atoms with Crippen LogP contribution in [0.4, 0.5) is 0 Å². The first-order valence-corrected chi connectivity index (χ1v) is 6.77. The van der Waals surface area contributed by atoms with Crippen LogP contribution in [0, 0.1) is 10.8 Å². The molecule has 2 N–H and O–H groups in total. The lowest BCUT2D eigenvalue weighted by Gasteiger charge is -2.30. The molecule has 3 nitrogen and oxygen atoms in total. The van der Waals surface area contributed by atoms with Gasteiger partial charge in [0.15, 0.2) is 0 Å². The standard InChI is InChI=1S/C15H30N2O/c1-11(16)8-9-12(17-15(5,6)7)10-13(18)14(2,3)4/h12,16-17H,8-10H2,1-7H3. The maximum Gasteiger partial charge on any atom is 0.139 e. The topological polar surface area (TPSA) is 53.0 Å². The van der Waals surface area contributed by atoms with Gasteiger partial charge in [-0.1, -0.05) is 20.8 Å². The van der Waals surface area contributed by atoms with Crippen molar-refractivity contribution in [3.05, 3.63) is 0 Å².